The van der Waals surface area contributed by atoms with Gasteiger partial charge >= 0.3 is 0 Å². The number of halogens is 1. The molecule has 6 heteroatoms. The summed E-state index contributed by atoms with van der Waals surface area (Å²) in [5.41, 5.74) is 3.77. The Bertz CT molecular complexity index is 1010. The zero-order valence-electron chi connectivity index (χ0n) is 14.3. The van der Waals surface area contributed by atoms with Gasteiger partial charge in [-0.15, -0.1) is 11.3 Å². The summed E-state index contributed by atoms with van der Waals surface area (Å²) in [6.45, 7) is 2.52. The second-order valence-corrected chi connectivity index (χ2v) is 7.49. The number of nitrogens with one attached hydrogen (secondary N) is 1. The number of hydrogen-bond donors (Lipinski definition) is 1. The Morgan fingerprint density at radius 2 is 2.12 bits per heavy atom. The number of carbonyl (C=O) groups is 1. The second kappa shape index (κ2) is 6.67. The Labute approximate surface area is 160 Å². The number of benzene rings is 2. The van der Waals surface area contributed by atoms with E-state index >= 15 is 0 Å². The topological polar surface area (TPSA) is 47.6 Å². The van der Waals surface area contributed by atoms with Crippen LogP contribution in [0.3, 0.4) is 0 Å². The lowest BCUT2D eigenvalue weighted by Gasteiger charge is -2.19. The number of hydrogen-bond acceptors (Lipinski definition) is 4. The van der Waals surface area contributed by atoms with E-state index in [1.54, 1.807) is 25.3 Å². The van der Waals surface area contributed by atoms with Crippen molar-refractivity contribution in [1.82, 2.24) is 0 Å². The first kappa shape index (κ1) is 16.9. The summed E-state index contributed by atoms with van der Waals surface area (Å²) in [5.74, 6) is 1.23. The summed E-state index contributed by atoms with van der Waals surface area (Å²) in [7, 11) is 1.56. The Morgan fingerprint density at radius 3 is 2.92 bits per heavy atom. The maximum Gasteiger partial charge on any atom is 0.265 e. The van der Waals surface area contributed by atoms with Crippen LogP contribution < -0.4 is 14.8 Å². The fourth-order valence-electron chi connectivity index (χ4n) is 3.03. The molecule has 1 N–H and O–H groups in total. The van der Waals surface area contributed by atoms with E-state index in [0.717, 1.165) is 27.3 Å². The zero-order chi connectivity index (χ0) is 18.3. The average Bonchev–Trinajstić information content (AvgIpc) is 3.06. The average molecular weight is 386 g/mol. The predicted molar refractivity (Wildman–Crippen MR) is 105 cm³/mol. The molecule has 1 aliphatic heterocycles. The Hall–Kier alpha value is -2.50. The third kappa shape index (κ3) is 2.93. The molecule has 0 unspecified atom stereocenters. The number of aryl methyl sites for hydroxylation is 1. The molecular weight excluding hydrogens is 370 g/mol. The van der Waals surface area contributed by atoms with Crippen molar-refractivity contribution >= 4 is 34.5 Å². The van der Waals surface area contributed by atoms with E-state index < -0.39 is 0 Å². The van der Waals surface area contributed by atoms with Gasteiger partial charge in [-0.1, -0.05) is 23.7 Å². The second-order valence-electron chi connectivity index (χ2n) is 6.00. The van der Waals surface area contributed by atoms with E-state index in [1.807, 2.05) is 31.2 Å². The fourth-order valence-corrected chi connectivity index (χ4v) is 4.38. The summed E-state index contributed by atoms with van der Waals surface area (Å²) in [4.78, 5) is 14.5. The van der Waals surface area contributed by atoms with Gasteiger partial charge in [0.25, 0.3) is 5.91 Å². The smallest absolute Gasteiger partial charge is 0.265 e. The number of rotatable bonds is 3. The van der Waals surface area contributed by atoms with Gasteiger partial charge in [0.05, 0.1) is 17.7 Å². The van der Waals surface area contributed by atoms with Crippen LogP contribution in [0.4, 0.5) is 5.69 Å². The summed E-state index contributed by atoms with van der Waals surface area (Å²) in [6.07, 6.45) is 0. The van der Waals surface area contributed by atoms with Crippen molar-refractivity contribution in [2.75, 3.05) is 12.4 Å². The van der Waals surface area contributed by atoms with Gasteiger partial charge in [-0.2, -0.15) is 0 Å². The first-order valence-electron chi connectivity index (χ1n) is 8.07. The van der Waals surface area contributed by atoms with Crippen molar-refractivity contribution in [1.29, 1.82) is 0 Å². The molecular formula is C20H16ClNO3S. The quantitative estimate of drug-likeness (QED) is 0.644. The molecule has 1 aromatic heterocycles. The van der Waals surface area contributed by atoms with E-state index in [1.165, 1.54) is 11.3 Å². The molecule has 2 heterocycles. The van der Waals surface area contributed by atoms with E-state index in [9.17, 15) is 4.79 Å². The van der Waals surface area contributed by atoms with Gasteiger partial charge in [0.2, 0.25) is 0 Å². The monoisotopic (exact) mass is 385 g/mol. The number of methoxy groups -OCH3 is 1. The normalized spacial score (nSPS) is 12.0. The third-order valence-electron chi connectivity index (χ3n) is 4.29. The highest BCUT2D eigenvalue weighted by atomic mass is 35.5. The molecule has 0 saturated carbocycles. The van der Waals surface area contributed by atoms with Gasteiger partial charge in [0.1, 0.15) is 18.1 Å². The van der Waals surface area contributed by atoms with Gasteiger partial charge in [0.15, 0.2) is 0 Å². The Balaban J connectivity index is 1.68. The van der Waals surface area contributed by atoms with Gasteiger partial charge in [-0.05, 0) is 42.8 Å². The van der Waals surface area contributed by atoms with E-state index in [0.29, 0.717) is 27.9 Å². The summed E-state index contributed by atoms with van der Waals surface area (Å²) in [5, 5.41) is 3.42. The molecule has 0 saturated heterocycles. The third-order valence-corrected chi connectivity index (χ3v) is 5.72. The van der Waals surface area contributed by atoms with Gasteiger partial charge in [0, 0.05) is 21.0 Å². The minimum atomic E-state index is -0.194. The molecule has 2 aromatic carbocycles. The van der Waals surface area contributed by atoms with Crippen LogP contribution in [0, 0.1) is 6.92 Å². The maximum absolute atomic E-state index is 12.8. The molecule has 4 nitrogen and oxygen atoms in total. The number of carbonyl (C=O) groups excluding carboxylic acids is 1. The Morgan fingerprint density at radius 1 is 1.27 bits per heavy atom. The molecule has 26 heavy (non-hydrogen) atoms. The van der Waals surface area contributed by atoms with Crippen molar-refractivity contribution in [3.63, 3.8) is 0 Å². The van der Waals surface area contributed by atoms with Crippen LogP contribution >= 0.6 is 22.9 Å². The van der Waals surface area contributed by atoms with E-state index in [-0.39, 0.29) is 5.91 Å². The first-order valence-corrected chi connectivity index (χ1v) is 9.26. The highest BCUT2D eigenvalue weighted by molar-refractivity contribution is 7.17. The molecule has 0 fully saturated rings. The largest absolute Gasteiger partial charge is 0.495 e. The first-order chi connectivity index (χ1) is 12.6. The van der Waals surface area contributed by atoms with Crippen LogP contribution in [0.2, 0.25) is 5.02 Å². The summed E-state index contributed by atoms with van der Waals surface area (Å²) < 4.78 is 11.1. The maximum atomic E-state index is 12.8. The molecule has 1 amide bonds. The minimum absolute atomic E-state index is 0.194. The number of anilines is 1. The van der Waals surface area contributed by atoms with Crippen molar-refractivity contribution in [2.45, 2.75) is 13.5 Å². The summed E-state index contributed by atoms with van der Waals surface area (Å²) >= 11 is 7.51. The zero-order valence-corrected chi connectivity index (χ0v) is 15.8. The lowest BCUT2D eigenvalue weighted by atomic mass is 10.0. The number of ether oxygens (including phenoxy) is 2. The van der Waals surface area contributed by atoms with Crippen LogP contribution in [-0.2, 0) is 6.61 Å². The van der Waals surface area contributed by atoms with E-state index in [4.69, 9.17) is 21.1 Å². The number of amides is 1. The van der Waals surface area contributed by atoms with Crippen LogP contribution in [0.15, 0.2) is 42.5 Å². The highest BCUT2D eigenvalue weighted by Crippen LogP contribution is 2.44. The molecule has 0 radical (unpaired) electrons. The minimum Gasteiger partial charge on any atom is -0.495 e. The fraction of sp³-hybridized carbons (Fsp3) is 0.150. The summed E-state index contributed by atoms with van der Waals surface area (Å²) in [6, 6.07) is 13.0. The molecule has 0 atom stereocenters. The van der Waals surface area contributed by atoms with E-state index in [2.05, 4.69) is 5.32 Å². The number of thiophene rings is 1. The lowest BCUT2D eigenvalue weighted by molar-refractivity contribution is 0.103. The molecule has 1 aliphatic rings. The molecule has 0 bridgehead atoms. The number of fused-ring (bicyclic) bond motifs is 3. The van der Waals surface area contributed by atoms with Crippen LogP contribution in [0.1, 0.15) is 20.8 Å². The van der Waals surface area contributed by atoms with Gasteiger partial charge in [-0.25, -0.2) is 0 Å². The Kier molecular flexibility index (Phi) is 4.34. The van der Waals surface area contributed by atoms with Crippen LogP contribution in [0.5, 0.6) is 11.5 Å². The van der Waals surface area contributed by atoms with Crippen molar-refractivity contribution < 1.29 is 14.3 Å². The van der Waals surface area contributed by atoms with Crippen molar-refractivity contribution in [2.24, 2.45) is 0 Å². The molecule has 4 rings (SSSR count). The van der Waals surface area contributed by atoms with Crippen molar-refractivity contribution in [3.8, 4) is 21.9 Å². The van der Waals surface area contributed by atoms with Gasteiger partial charge in [-0.3, -0.25) is 4.79 Å². The predicted octanol–water partition coefficient (Wildman–Crippen LogP) is 5.53. The van der Waals surface area contributed by atoms with Crippen molar-refractivity contribution in [3.05, 3.63) is 63.5 Å². The molecule has 0 spiro atoms. The van der Waals surface area contributed by atoms with Crippen LogP contribution in [0.25, 0.3) is 10.4 Å². The van der Waals surface area contributed by atoms with Crippen LogP contribution in [-0.4, -0.2) is 13.0 Å². The highest BCUT2D eigenvalue weighted by Gasteiger charge is 2.24. The lowest BCUT2D eigenvalue weighted by Crippen LogP contribution is -2.11. The standard InChI is InChI=1S/C20H16ClNO3S/c1-11-4-3-5-16-18(11)19-12(10-25-16)8-17(26-19)20(23)22-14-9-13(21)6-7-15(14)24-2/h3-9H,10H2,1-2H3,(H,22,23). The molecule has 132 valence electrons. The molecule has 0 aliphatic carbocycles. The molecule has 3 aromatic rings. The SMILES string of the molecule is COc1ccc(Cl)cc1NC(=O)c1cc2c(s1)-c1c(C)cccc1OC2. The van der Waals surface area contributed by atoms with Gasteiger partial charge < -0.3 is 14.8 Å².